The lowest BCUT2D eigenvalue weighted by atomic mass is 10.1. The van der Waals surface area contributed by atoms with Crippen LogP contribution in [-0.4, -0.2) is 20.4 Å². The van der Waals surface area contributed by atoms with E-state index in [1.807, 2.05) is 50.2 Å². The van der Waals surface area contributed by atoms with Gasteiger partial charge in [-0.3, -0.25) is 9.36 Å². The number of nitrogens with zero attached hydrogens (tertiary/aromatic N) is 3. The molecule has 5 nitrogen and oxygen atoms in total. The maximum absolute atomic E-state index is 13.5. The number of rotatable bonds is 6. The van der Waals surface area contributed by atoms with Gasteiger partial charge in [-0.15, -0.1) is 0 Å². The van der Waals surface area contributed by atoms with Crippen LogP contribution in [0, 0.1) is 19.7 Å². The number of pyridine rings is 1. The molecule has 0 fully saturated rings. The standard InChI is InChI=1S/C23H21FN4OS/c1-15-8-9-19(11-16(15)2)26-21(29)13-28-22-20(7-4-10-25-22)27-23(28)30-14-17-5-3-6-18(24)12-17/h3-12H,13-14H2,1-2H3,(H,26,29). The van der Waals surface area contributed by atoms with Crippen LogP contribution >= 0.6 is 11.8 Å². The maximum Gasteiger partial charge on any atom is 0.244 e. The lowest BCUT2D eigenvalue weighted by Gasteiger charge is -2.10. The van der Waals surface area contributed by atoms with Gasteiger partial charge in [-0.2, -0.15) is 0 Å². The molecular weight excluding hydrogens is 399 g/mol. The molecule has 7 heteroatoms. The summed E-state index contributed by atoms with van der Waals surface area (Å²) >= 11 is 1.45. The summed E-state index contributed by atoms with van der Waals surface area (Å²) in [5, 5.41) is 3.62. The number of anilines is 1. The molecule has 4 aromatic rings. The van der Waals surface area contributed by atoms with E-state index in [-0.39, 0.29) is 18.3 Å². The third-order valence-corrected chi connectivity index (χ3v) is 5.87. The van der Waals surface area contributed by atoms with Crippen LogP contribution in [0.4, 0.5) is 10.1 Å². The molecular formula is C23H21FN4OS. The van der Waals surface area contributed by atoms with Crippen LogP contribution in [0.15, 0.2) is 66.0 Å². The second-order valence-electron chi connectivity index (χ2n) is 7.09. The molecule has 1 amide bonds. The summed E-state index contributed by atoms with van der Waals surface area (Å²) in [5.41, 5.74) is 5.27. The van der Waals surface area contributed by atoms with Crippen molar-refractivity contribution in [3.63, 3.8) is 0 Å². The lowest BCUT2D eigenvalue weighted by molar-refractivity contribution is -0.116. The van der Waals surface area contributed by atoms with Gasteiger partial charge in [0.05, 0.1) is 0 Å². The van der Waals surface area contributed by atoms with Crippen LogP contribution in [0.25, 0.3) is 11.2 Å². The minimum Gasteiger partial charge on any atom is -0.325 e. The average molecular weight is 421 g/mol. The van der Waals surface area contributed by atoms with Crippen molar-refractivity contribution in [1.82, 2.24) is 14.5 Å². The number of carbonyl (C=O) groups excluding carboxylic acids is 1. The largest absolute Gasteiger partial charge is 0.325 e. The minimum absolute atomic E-state index is 0.0892. The molecule has 1 N–H and O–H groups in total. The number of amides is 1. The average Bonchev–Trinajstić information content (AvgIpc) is 3.07. The van der Waals surface area contributed by atoms with Gasteiger partial charge in [0.1, 0.15) is 17.9 Å². The summed E-state index contributed by atoms with van der Waals surface area (Å²) in [4.78, 5) is 21.8. The Labute approximate surface area is 178 Å². The van der Waals surface area contributed by atoms with Crippen LogP contribution in [0.5, 0.6) is 0 Å². The van der Waals surface area contributed by atoms with Crippen LogP contribution in [0.1, 0.15) is 16.7 Å². The summed E-state index contributed by atoms with van der Waals surface area (Å²) in [5.74, 6) is 0.117. The summed E-state index contributed by atoms with van der Waals surface area (Å²) in [6.45, 7) is 4.14. The molecule has 152 valence electrons. The van der Waals surface area contributed by atoms with Gasteiger partial charge in [0, 0.05) is 17.6 Å². The first kappa shape index (κ1) is 20.1. The molecule has 0 saturated heterocycles. The molecule has 0 bridgehead atoms. The number of thioether (sulfide) groups is 1. The fourth-order valence-electron chi connectivity index (χ4n) is 3.13. The van der Waals surface area contributed by atoms with E-state index in [1.165, 1.54) is 29.5 Å². The molecule has 0 aliphatic heterocycles. The number of nitrogens with one attached hydrogen (secondary N) is 1. The number of halogens is 1. The van der Waals surface area contributed by atoms with E-state index in [2.05, 4.69) is 15.3 Å². The van der Waals surface area contributed by atoms with Crippen molar-refractivity contribution in [2.24, 2.45) is 0 Å². The number of hydrogen-bond donors (Lipinski definition) is 1. The Bertz CT molecular complexity index is 1220. The fraction of sp³-hybridized carbons (Fsp3) is 0.174. The third-order valence-electron chi connectivity index (χ3n) is 4.82. The van der Waals surface area contributed by atoms with Gasteiger partial charge >= 0.3 is 0 Å². The van der Waals surface area contributed by atoms with Gasteiger partial charge in [0.2, 0.25) is 5.91 Å². The predicted molar refractivity (Wildman–Crippen MR) is 118 cm³/mol. The summed E-state index contributed by atoms with van der Waals surface area (Å²) in [6, 6.07) is 16.0. The Kier molecular flexibility index (Phi) is 5.81. The molecule has 0 aliphatic carbocycles. The third kappa shape index (κ3) is 4.52. The number of benzene rings is 2. The van der Waals surface area contributed by atoms with Gasteiger partial charge in [-0.25, -0.2) is 14.4 Å². The topological polar surface area (TPSA) is 59.8 Å². The van der Waals surface area contributed by atoms with Crippen LogP contribution in [0.2, 0.25) is 0 Å². The van der Waals surface area contributed by atoms with Gasteiger partial charge in [-0.05, 0) is 66.9 Å². The Balaban J connectivity index is 1.56. The zero-order chi connectivity index (χ0) is 21.1. The SMILES string of the molecule is Cc1ccc(NC(=O)Cn2c(SCc3cccc(F)c3)nc3cccnc32)cc1C. The Morgan fingerprint density at radius 2 is 1.97 bits per heavy atom. The monoisotopic (exact) mass is 420 g/mol. The van der Waals surface area contributed by atoms with Gasteiger partial charge in [-0.1, -0.05) is 30.0 Å². The maximum atomic E-state index is 13.5. The van der Waals surface area contributed by atoms with E-state index in [4.69, 9.17) is 0 Å². The molecule has 30 heavy (non-hydrogen) atoms. The molecule has 2 heterocycles. The van der Waals surface area contributed by atoms with Crippen molar-refractivity contribution in [1.29, 1.82) is 0 Å². The van der Waals surface area contributed by atoms with Gasteiger partial charge in [0.15, 0.2) is 10.8 Å². The number of carbonyl (C=O) groups is 1. The minimum atomic E-state index is -0.268. The van der Waals surface area contributed by atoms with E-state index in [0.717, 1.165) is 22.3 Å². The van der Waals surface area contributed by atoms with E-state index in [1.54, 1.807) is 16.8 Å². The zero-order valence-electron chi connectivity index (χ0n) is 16.7. The van der Waals surface area contributed by atoms with Crippen molar-refractivity contribution in [3.8, 4) is 0 Å². The van der Waals surface area contributed by atoms with Crippen molar-refractivity contribution < 1.29 is 9.18 Å². The van der Waals surface area contributed by atoms with E-state index in [9.17, 15) is 9.18 Å². The molecule has 0 unspecified atom stereocenters. The molecule has 0 spiro atoms. The van der Waals surface area contributed by atoms with Crippen molar-refractivity contribution >= 4 is 34.5 Å². The van der Waals surface area contributed by atoms with Crippen LogP contribution in [0.3, 0.4) is 0 Å². The highest BCUT2D eigenvalue weighted by Crippen LogP contribution is 2.26. The molecule has 4 rings (SSSR count). The molecule has 0 radical (unpaired) electrons. The van der Waals surface area contributed by atoms with Crippen LogP contribution < -0.4 is 5.32 Å². The van der Waals surface area contributed by atoms with Crippen molar-refractivity contribution in [2.45, 2.75) is 31.3 Å². The second-order valence-corrected chi connectivity index (χ2v) is 8.03. The first-order valence-corrected chi connectivity index (χ1v) is 10.5. The highest BCUT2D eigenvalue weighted by molar-refractivity contribution is 7.98. The molecule has 0 atom stereocenters. The van der Waals surface area contributed by atoms with Crippen molar-refractivity contribution in [2.75, 3.05) is 5.32 Å². The lowest BCUT2D eigenvalue weighted by Crippen LogP contribution is -2.19. The first-order valence-electron chi connectivity index (χ1n) is 9.55. The molecule has 0 saturated carbocycles. The number of hydrogen-bond acceptors (Lipinski definition) is 4. The van der Waals surface area contributed by atoms with Crippen LogP contribution in [-0.2, 0) is 17.1 Å². The van der Waals surface area contributed by atoms with Gasteiger partial charge < -0.3 is 5.32 Å². The summed E-state index contributed by atoms with van der Waals surface area (Å²) in [7, 11) is 0. The number of imidazole rings is 1. The normalized spacial score (nSPS) is 11.0. The zero-order valence-corrected chi connectivity index (χ0v) is 17.5. The quantitative estimate of drug-likeness (QED) is 0.440. The Morgan fingerprint density at radius 3 is 2.77 bits per heavy atom. The molecule has 2 aromatic carbocycles. The Hall–Kier alpha value is -3.19. The number of fused-ring (bicyclic) bond motifs is 1. The number of aromatic nitrogens is 3. The van der Waals surface area contributed by atoms with Crippen molar-refractivity contribution in [3.05, 3.63) is 83.3 Å². The second kappa shape index (κ2) is 8.67. The fourth-order valence-corrected chi connectivity index (χ4v) is 4.07. The highest BCUT2D eigenvalue weighted by atomic mass is 32.2. The van der Waals surface area contributed by atoms with E-state index in [0.29, 0.717) is 16.6 Å². The highest BCUT2D eigenvalue weighted by Gasteiger charge is 2.16. The smallest absolute Gasteiger partial charge is 0.244 e. The number of aryl methyl sites for hydroxylation is 2. The van der Waals surface area contributed by atoms with E-state index >= 15 is 0 Å². The first-order chi connectivity index (χ1) is 14.5. The summed E-state index contributed by atoms with van der Waals surface area (Å²) in [6.07, 6.45) is 1.68. The molecule has 0 aliphatic rings. The predicted octanol–water partition coefficient (Wildman–Crippen LogP) is 5.12. The van der Waals surface area contributed by atoms with Gasteiger partial charge in [0.25, 0.3) is 0 Å². The molecule has 2 aromatic heterocycles. The summed E-state index contributed by atoms with van der Waals surface area (Å²) < 4.78 is 15.3. The van der Waals surface area contributed by atoms with E-state index < -0.39 is 0 Å². The Morgan fingerprint density at radius 1 is 1.10 bits per heavy atom.